The van der Waals surface area contributed by atoms with Crippen LogP contribution in [0.4, 0.5) is 0 Å². The third-order valence-electron chi connectivity index (χ3n) is 2.75. The van der Waals surface area contributed by atoms with Crippen LogP contribution >= 0.6 is 22.6 Å². The highest BCUT2D eigenvalue weighted by Gasteiger charge is 2.37. The molecule has 4 heteroatoms. The molecule has 0 atom stereocenters. The molecule has 0 spiro atoms. The average molecular weight is 333 g/mol. The Hall–Kier alpha value is -0.170. The monoisotopic (exact) mass is 333 g/mol. The van der Waals surface area contributed by atoms with Crippen LogP contribution in [0.1, 0.15) is 12.5 Å². The van der Waals surface area contributed by atoms with Crippen molar-refractivity contribution in [1.29, 1.82) is 0 Å². The van der Waals surface area contributed by atoms with E-state index >= 15 is 0 Å². The zero-order valence-corrected chi connectivity index (χ0v) is 11.4. The fourth-order valence-corrected chi connectivity index (χ4v) is 2.11. The summed E-state index contributed by atoms with van der Waals surface area (Å²) in [7, 11) is 0. The predicted octanol–water partition coefficient (Wildman–Crippen LogP) is 2.09. The van der Waals surface area contributed by atoms with Gasteiger partial charge in [-0.15, -0.1) is 0 Å². The molecule has 0 saturated carbocycles. The molecule has 1 fully saturated rings. The first-order valence-electron chi connectivity index (χ1n) is 5.40. The second kappa shape index (κ2) is 5.00. The van der Waals surface area contributed by atoms with Crippen LogP contribution in [-0.2, 0) is 15.3 Å². The highest BCUT2D eigenvalue weighted by atomic mass is 127. The summed E-state index contributed by atoms with van der Waals surface area (Å²) in [6.07, 6.45) is 0. The van der Waals surface area contributed by atoms with Crippen molar-refractivity contribution in [2.75, 3.05) is 19.8 Å². The summed E-state index contributed by atoms with van der Waals surface area (Å²) in [5, 5.41) is 0. The van der Waals surface area contributed by atoms with Crippen molar-refractivity contribution in [1.82, 2.24) is 0 Å². The molecule has 1 saturated heterocycles. The Kier molecular flexibility index (Phi) is 3.84. The third kappa shape index (κ3) is 2.40. The van der Waals surface area contributed by atoms with Gasteiger partial charge in [0.15, 0.2) is 0 Å². The molecule has 2 rings (SSSR count). The molecule has 1 aliphatic rings. The first-order valence-corrected chi connectivity index (χ1v) is 6.48. The summed E-state index contributed by atoms with van der Waals surface area (Å²) in [6.45, 7) is 3.85. The molecule has 1 aromatic carbocycles. The molecule has 0 aromatic heterocycles. The summed E-state index contributed by atoms with van der Waals surface area (Å²) in [6, 6.07) is 8.12. The molecule has 2 N–H and O–H groups in total. The van der Waals surface area contributed by atoms with Gasteiger partial charge in [-0.3, -0.25) is 0 Å². The summed E-state index contributed by atoms with van der Waals surface area (Å²) in [5.41, 5.74) is 6.80. The standard InChI is InChI=1S/C12H16INO2/c1-9-6-15-12(8-14,16-7-9)10-2-4-11(13)5-3-10/h2-5,9H,6-8,14H2,1H3. The van der Waals surface area contributed by atoms with Crippen molar-refractivity contribution in [3.63, 3.8) is 0 Å². The van der Waals surface area contributed by atoms with Gasteiger partial charge in [0.25, 0.3) is 0 Å². The number of halogens is 1. The lowest BCUT2D eigenvalue weighted by Crippen LogP contribution is -2.46. The van der Waals surface area contributed by atoms with Gasteiger partial charge in [-0.1, -0.05) is 19.1 Å². The largest absolute Gasteiger partial charge is 0.344 e. The van der Waals surface area contributed by atoms with Crippen molar-refractivity contribution in [2.24, 2.45) is 11.7 Å². The molecule has 88 valence electrons. The molecule has 3 nitrogen and oxygen atoms in total. The van der Waals surface area contributed by atoms with E-state index in [1.54, 1.807) is 0 Å². The Morgan fingerprint density at radius 1 is 1.31 bits per heavy atom. The number of ether oxygens (including phenoxy) is 2. The molecule has 0 unspecified atom stereocenters. The van der Waals surface area contributed by atoms with Crippen LogP contribution < -0.4 is 5.73 Å². The molecule has 0 aliphatic carbocycles. The number of nitrogens with two attached hydrogens (primary N) is 1. The van der Waals surface area contributed by atoms with Crippen molar-refractivity contribution in [3.8, 4) is 0 Å². The molecule has 0 amide bonds. The van der Waals surface area contributed by atoms with Crippen LogP contribution in [0.25, 0.3) is 0 Å². The Bertz CT molecular complexity index is 345. The van der Waals surface area contributed by atoms with Crippen LogP contribution in [0.5, 0.6) is 0 Å². The quantitative estimate of drug-likeness (QED) is 0.843. The molecule has 0 radical (unpaired) electrons. The maximum absolute atomic E-state index is 5.80. The molecular weight excluding hydrogens is 317 g/mol. The normalized spacial score (nSPS) is 30.3. The van der Waals surface area contributed by atoms with Crippen LogP contribution in [0.2, 0.25) is 0 Å². The van der Waals surface area contributed by atoms with Gasteiger partial charge >= 0.3 is 0 Å². The van der Waals surface area contributed by atoms with Gasteiger partial charge in [0.1, 0.15) is 0 Å². The Balaban J connectivity index is 2.24. The van der Waals surface area contributed by atoms with Gasteiger partial charge in [0.05, 0.1) is 19.8 Å². The minimum absolute atomic E-state index is 0.348. The molecule has 0 bridgehead atoms. The lowest BCUT2D eigenvalue weighted by atomic mass is 10.0. The van der Waals surface area contributed by atoms with Crippen molar-refractivity contribution >= 4 is 22.6 Å². The minimum atomic E-state index is -0.739. The average Bonchev–Trinajstić information content (AvgIpc) is 2.32. The Morgan fingerprint density at radius 3 is 2.38 bits per heavy atom. The maximum Gasteiger partial charge on any atom is 0.207 e. The maximum atomic E-state index is 5.80. The molecular formula is C12H16INO2. The Labute approximate surface area is 109 Å². The van der Waals surface area contributed by atoms with E-state index < -0.39 is 5.79 Å². The zero-order chi connectivity index (χ0) is 11.6. The smallest absolute Gasteiger partial charge is 0.207 e. The third-order valence-corrected chi connectivity index (χ3v) is 3.47. The molecule has 16 heavy (non-hydrogen) atoms. The van der Waals surface area contributed by atoms with Crippen LogP contribution in [0.3, 0.4) is 0 Å². The zero-order valence-electron chi connectivity index (χ0n) is 9.28. The van der Waals surface area contributed by atoms with Gasteiger partial charge in [0.2, 0.25) is 5.79 Å². The van der Waals surface area contributed by atoms with Crippen molar-refractivity contribution in [3.05, 3.63) is 33.4 Å². The lowest BCUT2D eigenvalue weighted by molar-refractivity contribution is -0.284. The molecule has 1 aliphatic heterocycles. The second-order valence-corrected chi connectivity index (χ2v) is 5.44. The molecule has 1 heterocycles. The van der Waals surface area contributed by atoms with E-state index in [2.05, 4.69) is 29.5 Å². The van der Waals surface area contributed by atoms with Crippen molar-refractivity contribution < 1.29 is 9.47 Å². The van der Waals surface area contributed by atoms with E-state index in [1.807, 2.05) is 24.3 Å². The summed E-state index contributed by atoms with van der Waals surface area (Å²) < 4.78 is 12.8. The topological polar surface area (TPSA) is 44.5 Å². The Morgan fingerprint density at radius 2 is 1.88 bits per heavy atom. The first-order chi connectivity index (χ1) is 7.66. The first kappa shape index (κ1) is 12.3. The van der Waals surface area contributed by atoms with E-state index in [1.165, 1.54) is 3.57 Å². The number of hydrogen-bond donors (Lipinski definition) is 1. The highest BCUT2D eigenvalue weighted by molar-refractivity contribution is 14.1. The second-order valence-electron chi connectivity index (χ2n) is 4.19. The van der Waals surface area contributed by atoms with Gasteiger partial charge in [-0.25, -0.2) is 0 Å². The number of hydrogen-bond acceptors (Lipinski definition) is 3. The van der Waals surface area contributed by atoms with Crippen LogP contribution in [0, 0.1) is 9.49 Å². The minimum Gasteiger partial charge on any atom is -0.344 e. The van der Waals surface area contributed by atoms with Crippen molar-refractivity contribution in [2.45, 2.75) is 12.7 Å². The van der Waals surface area contributed by atoms with Gasteiger partial charge in [-0.05, 0) is 34.7 Å². The highest BCUT2D eigenvalue weighted by Crippen LogP contribution is 2.31. The predicted molar refractivity (Wildman–Crippen MR) is 71.0 cm³/mol. The van der Waals surface area contributed by atoms with Crippen LogP contribution in [-0.4, -0.2) is 19.8 Å². The SMILES string of the molecule is CC1COC(CN)(c2ccc(I)cc2)OC1. The fourth-order valence-electron chi connectivity index (χ4n) is 1.75. The van der Waals surface area contributed by atoms with Gasteiger partial charge < -0.3 is 15.2 Å². The number of rotatable bonds is 2. The van der Waals surface area contributed by atoms with Crippen LogP contribution in [0.15, 0.2) is 24.3 Å². The number of benzene rings is 1. The van der Waals surface area contributed by atoms with E-state index in [0.29, 0.717) is 25.7 Å². The van der Waals surface area contributed by atoms with E-state index in [4.69, 9.17) is 15.2 Å². The van der Waals surface area contributed by atoms with Gasteiger partial charge in [-0.2, -0.15) is 0 Å². The molecule has 1 aromatic rings. The lowest BCUT2D eigenvalue weighted by Gasteiger charge is -2.38. The van der Waals surface area contributed by atoms with E-state index in [9.17, 15) is 0 Å². The fraction of sp³-hybridized carbons (Fsp3) is 0.500. The van der Waals surface area contributed by atoms with E-state index in [-0.39, 0.29) is 0 Å². The summed E-state index contributed by atoms with van der Waals surface area (Å²) in [4.78, 5) is 0. The van der Waals surface area contributed by atoms with Gasteiger partial charge in [0, 0.05) is 15.1 Å². The summed E-state index contributed by atoms with van der Waals surface area (Å²) in [5.74, 6) is -0.305. The van der Waals surface area contributed by atoms with E-state index in [0.717, 1.165) is 5.56 Å². The summed E-state index contributed by atoms with van der Waals surface area (Å²) >= 11 is 2.27.